The Labute approximate surface area is 153 Å². The topological polar surface area (TPSA) is 48.0 Å². The summed E-state index contributed by atoms with van der Waals surface area (Å²) in [7, 11) is 0. The van der Waals surface area contributed by atoms with E-state index in [1.807, 2.05) is 16.9 Å². The van der Waals surface area contributed by atoms with Gasteiger partial charge in [0, 0.05) is 40.4 Å². The van der Waals surface area contributed by atoms with E-state index in [2.05, 4.69) is 83.1 Å². The van der Waals surface area contributed by atoms with Gasteiger partial charge < -0.3 is 4.57 Å². The van der Waals surface area contributed by atoms with Gasteiger partial charge >= 0.3 is 0 Å². The van der Waals surface area contributed by atoms with Crippen molar-refractivity contribution >= 4 is 39.1 Å². The third-order valence-corrected chi connectivity index (χ3v) is 4.87. The smallest absolute Gasteiger partial charge is 0.210 e. The molecule has 3 aromatic heterocycles. The molecule has 0 radical (unpaired) electrons. The lowest BCUT2D eigenvalue weighted by Gasteiger charge is -2.12. The number of aromatic nitrogens is 5. The average Bonchev–Trinajstić information content (AvgIpc) is 3.07. The van der Waals surface area contributed by atoms with Gasteiger partial charge in [-0.15, -0.1) is 5.10 Å². The molecule has 0 amide bonds. The standard InChI is InChI=1S/C18H18IN5/c1-10(2)24-12(4)21-17-11(3)7-13(8-15(17)24)14-5-6-23-16(14)9-20-18(19)22-23/h5-10H,1-4H3. The molecule has 24 heavy (non-hydrogen) atoms. The summed E-state index contributed by atoms with van der Waals surface area (Å²) in [6.45, 7) is 8.59. The summed E-state index contributed by atoms with van der Waals surface area (Å²) in [5.74, 6) is 1.06. The first-order chi connectivity index (χ1) is 11.5. The molecule has 0 unspecified atom stereocenters. The summed E-state index contributed by atoms with van der Waals surface area (Å²) in [5.41, 5.74) is 6.79. The number of imidazole rings is 1. The van der Waals surface area contributed by atoms with Gasteiger partial charge in [0.15, 0.2) is 0 Å². The van der Waals surface area contributed by atoms with E-state index < -0.39 is 0 Å². The van der Waals surface area contributed by atoms with Crippen LogP contribution in [0.1, 0.15) is 31.3 Å². The fourth-order valence-electron chi connectivity index (χ4n) is 3.41. The second kappa shape index (κ2) is 5.54. The van der Waals surface area contributed by atoms with Crippen molar-refractivity contribution in [1.82, 2.24) is 24.1 Å². The summed E-state index contributed by atoms with van der Waals surface area (Å²) < 4.78 is 4.92. The second-order valence-electron chi connectivity index (χ2n) is 6.37. The maximum atomic E-state index is 4.76. The van der Waals surface area contributed by atoms with Gasteiger partial charge in [-0.1, -0.05) is 0 Å². The molecule has 1 aromatic carbocycles. The molecule has 0 aliphatic carbocycles. The van der Waals surface area contributed by atoms with E-state index in [1.165, 1.54) is 16.6 Å². The molecule has 4 rings (SSSR count). The Morgan fingerprint density at radius 2 is 1.92 bits per heavy atom. The number of hydrogen-bond acceptors (Lipinski definition) is 3. The van der Waals surface area contributed by atoms with Crippen molar-refractivity contribution in [1.29, 1.82) is 0 Å². The van der Waals surface area contributed by atoms with Crippen molar-refractivity contribution in [3.05, 3.63) is 45.8 Å². The van der Waals surface area contributed by atoms with Crippen molar-refractivity contribution < 1.29 is 0 Å². The summed E-state index contributed by atoms with van der Waals surface area (Å²) in [4.78, 5) is 9.10. The molecule has 0 aliphatic rings. The van der Waals surface area contributed by atoms with Gasteiger partial charge in [-0.25, -0.2) is 14.5 Å². The van der Waals surface area contributed by atoms with Crippen molar-refractivity contribution in [3.63, 3.8) is 0 Å². The van der Waals surface area contributed by atoms with Crippen LogP contribution >= 0.6 is 22.6 Å². The van der Waals surface area contributed by atoms with Crippen LogP contribution in [0.2, 0.25) is 0 Å². The predicted molar refractivity (Wildman–Crippen MR) is 104 cm³/mol. The SMILES string of the molecule is Cc1cc(-c2ccn3nc(I)ncc23)cc2c1nc(C)n2C(C)C. The minimum atomic E-state index is 0.375. The zero-order valence-electron chi connectivity index (χ0n) is 14.1. The first kappa shape index (κ1) is 15.6. The van der Waals surface area contributed by atoms with Gasteiger partial charge in [0.05, 0.1) is 22.7 Å². The Balaban J connectivity index is 2.01. The van der Waals surface area contributed by atoms with E-state index >= 15 is 0 Å². The van der Waals surface area contributed by atoms with Crippen LogP contribution in [0, 0.1) is 17.7 Å². The van der Waals surface area contributed by atoms with Crippen LogP contribution in [0.5, 0.6) is 0 Å². The van der Waals surface area contributed by atoms with Crippen molar-refractivity contribution in [3.8, 4) is 11.1 Å². The molecule has 3 heterocycles. The molecule has 4 aromatic rings. The van der Waals surface area contributed by atoms with Gasteiger partial charge in [0.2, 0.25) is 3.83 Å². The Kier molecular flexibility index (Phi) is 3.59. The lowest BCUT2D eigenvalue weighted by molar-refractivity contribution is 0.600. The van der Waals surface area contributed by atoms with E-state index in [4.69, 9.17) is 4.98 Å². The predicted octanol–water partition coefficient (Wildman–Crippen LogP) is 4.55. The third kappa shape index (κ3) is 2.31. The highest BCUT2D eigenvalue weighted by atomic mass is 127. The van der Waals surface area contributed by atoms with Gasteiger partial charge in [0.1, 0.15) is 5.82 Å². The normalized spacial score (nSPS) is 11.9. The van der Waals surface area contributed by atoms with Crippen LogP contribution in [0.25, 0.3) is 27.7 Å². The molecule has 0 N–H and O–H groups in total. The van der Waals surface area contributed by atoms with Gasteiger partial charge in [-0.05, 0) is 57.0 Å². The molecular weight excluding hydrogens is 413 g/mol. The number of hydrogen-bond donors (Lipinski definition) is 0. The molecule has 0 bridgehead atoms. The van der Waals surface area contributed by atoms with Gasteiger partial charge in [0.25, 0.3) is 0 Å². The van der Waals surface area contributed by atoms with Crippen LogP contribution in [0.15, 0.2) is 30.6 Å². The number of benzene rings is 1. The summed E-state index contributed by atoms with van der Waals surface area (Å²) in [6.07, 6.45) is 3.87. The maximum Gasteiger partial charge on any atom is 0.210 e. The van der Waals surface area contributed by atoms with Crippen LogP contribution in [0.3, 0.4) is 0 Å². The van der Waals surface area contributed by atoms with E-state index in [1.54, 1.807) is 0 Å². The summed E-state index contributed by atoms with van der Waals surface area (Å²) in [5, 5.41) is 4.43. The molecule has 0 spiro atoms. The molecule has 0 atom stereocenters. The quantitative estimate of drug-likeness (QED) is 0.438. The van der Waals surface area contributed by atoms with E-state index in [0.29, 0.717) is 6.04 Å². The number of aryl methyl sites for hydroxylation is 2. The molecular formula is C18H18IN5. The average molecular weight is 431 g/mol. The fourth-order valence-corrected chi connectivity index (χ4v) is 3.78. The van der Waals surface area contributed by atoms with E-state index in [9.17, 15) is 0 Å². The minimum Gasteiger partial charge on any atom is -0.326 e. The first-order valence-corrected chi connectivity index (χ1v) is 9.03. The van der Waals surface area contributed by atoms with E-state index in [-0.39, 0.29) is 0 Å². The molecule has 0 saturated heterocycles. The van der Waals surface area contributed by atoms with Crippen LogP contribution in [0.4, 0.5) is 0 Å². The lowest BCUT2D eigenvalue weighted by atomic mass is 10.0. The van der Waals surface area contributed by atoms with Crippen molar-refractivity contribution in [2.24, 2.45) is 0 Å². The van der Waals surface area contributed by atoms with E-state index in [0.717, 1.165) is 26.3 Å². The summed E-state index contributed by atoms with van der Waals surface area (Å²) in [6, 6.07) is 6.91. The van der Waals surface area contributed by atoms with Crippen LogP contribution in [-0.4, -0.2) is 24.1 Å². The highest BCUT2D eigenvalue weighted by molar-refractivity contribution is 14.1. The zero-order valence-corrected chi connectivity index (χ0v) is 16.2. The van der Waals surface area contributed by atoms with Gasteiger partial charge in [-0.3, -0.25) is 0 Å². The Hall–Kier alpha value is -1.96. The molecule has 5 nitrogen and oxygen atoms in total. The molecule has 6 heteroatoms. The number of rotatable bonds is 2. The zero-order chi connectivity index (χ0) is 17.0. The Bertz CT molecular complexity index is 1070. The largest absolute Gasteiger partial charge is 0.326 e. The number of nitrogens with zero attached hydrogens (tertiary/aromatic N) is 5. The maximum absolute atomic E-state index is 4.76. The van der Waals surface area contributed by atoms with Gasteiger partial charge in [-0.2, -0.15) is 0 Å². The molecule has 0 fully saturated rings. The summed E-state index contributed by atoms with van der Waals surface area (Å²) >= 11 is 2.13. The highest BCUT2D eigenvalue weighted by Crippen LogP contribution is 2.32. The number of fused-ring (bicyclic) bond motifs is 2. The molecule has 0 aliphatic heterocycles. The molecule has 122 valence electrons. The van der Waals surface area contributed by atoms with Crippen molar-refractivity contribution in [2.45, 2.75) is 33.7 Å². The van der Waals surface area contributed by atoms with Crippen LogP contribution < -0.4 is 0 Å². The first-order valence-electron chi connectivity index (χ1n) is 7.95. The Morgan fingerprint density at radius 1 is 1.12 bits per heavy atom. The Morgan fingerprint density at radius 3 is 2.67 bits per heavy atom. The number of halogens is 1. The highest BCUT2D eigenvalue weighted by Gasteiger charge is 2.15. The fraction of sp³-hybridized carbons (Fsp3) is 0.278. The minimum absolute atomic E-state index is 0.375. The monoisotopic (exact) mass is 431 g/mol. The van der Waals surface area contributed by atoms with Crippen molar-refractivity contribution in [2.75, 3.05) is 0 Å². The lowest BCUT2D eigenvalue weighted by Crippen LogP contribution is -2.02. The van der Waals surface area contributed by atoms with Crippen LogP contribution in [-0.2, 0) is 0 Å². The second-order valence-corrected chi connectivity index (χ2v) is 7.33. The third-order valence-electron chi connectivity index (χ3n) is 4.38. The molecule has 0 saturated carbocycles.